The molecule has 0 atom stereocenters. The molecule has 2 N–H and O–H groups in total. The van der Waals surface area contributed by atoms with E-state index in [9.17, 15) is 9.59 Å². The Morgan fingerprint density at radius 2 is 1.83 bits per heavy atom. The summed E-state index contributed by atoms with van der Waals surface area (Å²) >= 11 is 1.56. The van der Waals surface area contributed by atoms with Crippen molar-refractivity contribution in [3.8, 4) is 17.1 Å². The first kappa shape index (κ1) is 19.9. The Kier molecular flexibility index (Phi) is 4.95. The molecule has 7 nitrogen and oxygen atoms in total. The summed E-state index contributed by atoms with van der Waals surface area (Å²) in [7, 11) is 0. The number of anilines is 1. The zero-order chi connectivity index (χ0) is 21.6. The van der Waals surface area contributed by atoms with E-state index in [4.69, 9.17) is 10.7 Å². The predicted molar refractivity (Wildman–Crippen MR) is 121 cm³/mol. The van der Waals surface area contributed by atoms with Crippen LogP contribution >= 0.6 is 11.8 Å². The second-order valence-corrected chi connectivity index (χ2v) is 7.91. The lowest BCUT2D eigenvalue weighted by molar-refractivity contribution is 0.0926. The van der Waals surface area contributed by atoms with Gasteiger partial charge in [0.25, 0.3) is 5.56 Å². The molecular weight excluding hydrogens is 398 g/mol. The van der Waals surface area contributed by atoms with Gasteiger partial charge < -0.3 is 5.73 Å². The molecule has 4 rings (SSSR count). The number of benzene rings is 2. The Morgan fingerprint density at radius 3 is 2.50 bits per heavy atom. The molecule has 0 spiro atoms. The maximum absolute atomic E-state index is 13.6. The maximum atomic E-state index is 13.6. The molecule has 8 heteroatoms. The maximum Gasteiger partial charge on any atom is 0.271 e. The SMILES string of the molecule is CSc1ccccc1-c1nc2c(c(N)nn2C(C)=O)c(=O)n1-c1ccc(C)c(C)c1. The molecule has 0 radical (unpaired) electrons. The second-order valence-electron chi connectivity index (χ2n) is 7.06. The fraction of sp³-hybridized carbons (Fsp3) is 0.182. The van der Waals surface area contributed by atoms with Crippen LogP contribution in [0.2, 0.25) is 0 Å². The first-order valence-corrected chi connectivity index (χ1v) is 10.6. The number of fused-ring (bicyclic) bond motifs is 1. The van der Waals surface area contributed by atoms with Gasteiger partial charge in [0.15, 0.2) is 17.3 Å². The molecule has 0 aliphatic rings. The summed E-state index contributed by atoms with van der Waals surface area (Å²) < 4.78 is 2.63. The minimum absolute atomic E-state index is 0.0139. The molecule has 30 heavy (non-hydrogen) atoms. The summed E-state index contributed by atoms with van der Waals surface area (Å²) in [6.45, 7) is 5.37. The monoisotopic (exact) mass is 419 g/mol. The van der Waals surface area contributed by atoms with Gasteiger partial charge in [-0.3, -0.25) is 14.2 Å². The number of nitrogens with zero attached hydrogens (tertiary/aromatic N) is 4. The van der Waals surface area contributed by atoms with E-state index in [-0.39, 0.29) is 28.3 Å². The highest BCUT2D eigenvalue weighted by molar-refractivity contribution is 7.98. The molecule has 0 bridgehead atoms. The van der Waals surface area contributed by atoms with E-state index in [0.29, 0.717) is 11.5 Å². The smallest absolute Gasteiger partial charge is 0.271 e. The van der Waals surface area contributed by atoms with E-state index < -0.39 is 0 Å². The number of rotatable bonds is 3. The van der Waals surface area contributed by atoms with E-state index in [2.05, 4.69) is 5.10 Å². The van der Waals surface area contributed by atoms with Gasteiger partial charge in [0.05, 0.1) is 5.69 Å². The van der Waals surface area contributed by atoms with Crippen LogP contribution in [0.3, 0.4) is 0 Å². The summed E-state index contributed by atoms with van der Waals surface area (Å²) in [6, 6.07) is 13.5. The molecule has 0 saturated carbocycles. The van der Waals surface area contributed by atoms with Crippen LogP contribution in [0.1, 0.15) is 22.8 Å². The minimum atomic E-state index is -0.364. The molecule has 0 amide bonds. The fourth-order valence-corrected chi connectivity index (χ4v) is 4.02. The molecule has 2 aromatic heterocycles. The van der Waals surface area contributed by atoms with Gasteiger partial charge in [-0.1, -0.05) is 24.3 Å². The summed E-state index contributed by atoms with van der Waals surface area (Å²) in [5.74, 6) is 0.0553. The zero-order valence-electron chi connectivity index (χ0n) is 17.1. The number of nitrogens with two attached hydrogens (primary N) is 1. The highest BCUT2D eigenvalue weighted by Crippen LogP contribution is 2.31. The molecule has 2 heterocycles. The van der Waals surface area contributed by atoms with Crippen molar-refractivity contribution in [3.63, 3.8) is 0 Å². The molecule has 0 aliphatic heterocycles. The van der Waals surface area contributed by atoms with E-state index >= 15 is 0 Å². The van der Waals surface area contributed by atoms with Crippen LogP contribution in [-0.4, -0.2) is 31.5 Å². The normalized spacial score (nSPS) is 11.2. The lowest BCUT2D eigenvalue weighted by Crippen LogP contribution is -2.23. The van der Waals surface area contributed by atoms with Crippen molar-refractivity contribution < 1.29 is 4.79 Å². The largest absolute Gasteiger partial charge is 0.381 e. The van der Waals surface area contributed by atoms with Gasteiger partial charge in [-0.15, -0.1) is 16.9 Å². The average Bonchev–Trinajstić information content (AvgIpc) is 3.07. The van der Waals surface area contributed by atoms with Crippen molar-refractivity contribution in [3.05, 3.63) is 63.9 Å². The lowest BCUT2D eigenvalue weighted by Gasteiger charge is -2.16. The van der Waals surface area contributed by atoms with Crippen LogP contribution in [0.15, 0.2) is 52.2 Å². The van der Waals surface area contributed by atoms with Crippen molar-refractivity contribution in [2.24, 2.45) is 0 Å². The topological polar surface area (TPSA) is 95.8 Å². The molecular formula is C22H21N5O2S. The van der Waals surface area contributed by atoms with Crippen molar-refractivity contribution >= 4 is 34.5 Å². The first-order chi connectivity index (χ1) is 14.3. The highest BCUT2D eigenvalue weighted by Gasteiger charge is 2.23. The highest BCUT2D eigenvalue weighted by atomic mass is 32.2. The first-order valence-electron chi connectivity index (χ1n) is 9.36. The quantitative estimate of drug-likeness (QED) is 0.507. The fourth-order valence-electron chi connectivity index (χ4n) is 3.43. The number of thioether (sulfide) groups is 1. The van der Waals surface area contributed by atoms with Gasteiger partial charge >= 0.3 is 0 Å². The van der Waals surface area contributed by atoms with Crippen molar-refractivity contribution in [2.45, 2.75) is 25.7 Å². The third kappa shape index (κ3) is 3.09. The Bertz CT molecular complexity index is 1370. The Morgan fingerprint density at radius 1 is 1.10 bits per heavy atom. The predicted octanol–water partition coefficient (Wildman–Crippen LogP) is 3.83. The van der Waals surface area contributed by atoms with Gasteiger partial charge in [-0.2, -0.15) is 4.68 Å². The molecule has 0 fully saturated rings. The molecule has 2 aromatic carbocycles. The van der Waals surface area contributed by atoms with Crippen LogP contribution in [0.25, 0.3) is 28.1 Å². The third-order valence-electron chi connectivity index (χ3n) is 5.12. The number of carbonyl (C=O) groups is 1. The summed E-state index contributed by atoms with van der Waals surface area (Å²) in [5, 5.41) is 4.19. The summed E-state index contributed by atoms with van der Waals surface area (Å²) in [4.78, 5) is 31.4. The van der Waals surface area contributed by atoms with Gasteiger partial charge in [0.1, 0.15) is 5.39 Å². The van der Waals surface area contributed by atoms with Crippen molar-refractivity contribution in [1.29, 1.82) is 0 Å². The molecule has 4 aromatic rings. The van der Waals surface area contributed by atoms with Gasteiger partial charge in [-0.25, -0.2) is 4.98 Å². The van der Waals surface area contributed by atoms with Gasteiger partial charge in [0.2, 0.25) is 5.91 Å². The average molecular weight is 420 g/mol. The van der Waals surface area contributed by atoms with Gasteiger partial charge in [-0.05, 0) is 49.4 Å². The number of aromatic nitrogens is 4. The van der Waals surface area contributed by atoms with Crippen LogP contribution in [-0.2, 0) is 0 Å². The standard InChI is InChI=1S/C22H21N5O2S/c1-12-9-10-15(11-13(12)2)26-20(16-7-5-6-8-17(16)30-4)24-21-18(22(26)29)19(23)25-27(21)14(3)28/h5-11H,1-4H3,(H2,23,25). The third-order valence-corrected chi connectivity index (χ3v) is 5.92. The van der Waals surface area contributed by atoms with Crippen LogP contribution < -0.4 is 11.3 Å². The van der Waals surface area contributed by atoms with E-state index in [0.717, 1.165) is 26.3 Å². The van der Waals surface area contributed by atoms with Crippen molar-refractivity contribution in [1.82, 2.24) is 19.3 Å². The number of hydrogen-bond acceptors (Lipinski definition) is 6. The van der Waals surface area contributed by atoms with Gasteiger partial charge in [0, 0.05) is 17.4 Å². The Hall–Kier alpha value is -3.39. The Balaban J connectivity index is 2.19. The van der Waals surface area contributed by atoms with Crippen LogP contribution in [0.5, 0.6) is 0 Å². The number of carbonyl (C=O) groups excluding carboxylic acids is 1. The molecule has 0 unspecified atom stereocenters. The molecule has 152 valence electrons. The second kappa shape index (κ2) is 7.46. The summed E-state index contributed by atoms with van der Waals surface area (Å²) in [5.41, 5.74) is 9.46. The minimum Gasteiger partial charge on any atom is -0.381 e. The number of aryl methyl sites for hydroxylation is 2. The lowest BCUT2D eigenvalue weighted by atomic mass is 10.1. The van der Waals surface area contributed by atoms with Crippen LogP contribution in [0.4, 0.5) is 5.82 Å². The molecule has 0 saturated heterocycles. The Labute approximate surface area is 177 Å². The zero-order valence-corrected chi connectivity index (χ0v) is 17.9. The van der Waals surface area contributed by atoms with Crippen molar-refractivity contribution in [2.75, 3.05) is 12.0 Å². The molecule has 0 aliphatic carbocycles. The van der Waals surface area contributed by atoms with E-state index in [1.54, 1.807) is 16.3 Å². The number of nitrogen functional groups attached to an aromatic ring is 1. The summed E-state index contributed by atoms with van der Waals surface area (Å²) in [6.07, 6.45) is 1.97. The van der Waals surface area contributed by atoms with E-state index in [1.807, 2.05) is 62.6 Å². The van der Waals surface area contributed by atoms with Crippen LogP contribution in [0, 0.1) is 13.8 Å². The van der Waals surface area contributed by atoms with E-state index in [1.165, 1.54) is 6.92 Å². The number of hydrogen-bond donors (Lipinski definition) is 1.